The summed E-state index contributed by atoms with van der Waals surface area (Å²) in [5.74, 6) is 1.08. The number of hydrogen-bond donors (Lipinski definition) is 4. The maximum atomic E-state index is 14.1. The Morgan fingerprint density at radius 3 is 2.16 bits per heavy atom. The van der Waals surface area contributed by atoms with E-state index in [9.17, 15) is 30.0 Å². The summed E-state index contributed by atoms with van der Waals surface area (Å²) in [6.45, 7) is 18.9. The molecule has 6 fully saturated rings. The summed E-state index contributed by atoms with van der Waals surface area (Å²) < 4.78 is 11.4. The molecule has 0 bridgehead atoms. The van der Waals surface area contributed by atoms with E-state index >= 15 is 0 Å². The van der Waals surface area contributed by atoms with Crippen LogP contribution in [0.15, 0.2) is 12.2 Å². The van der Waals surface area contributed by atoms with Gasteiger partial charge in [-0.05, 0) is 128 Å². The van der Waals surface area contributed by atoms with E-state index in [1.165, 1.54) is 0 Å². The molecule has 0 radical (unpaired) electrons. The van der Waals surface area contributed by atoms with E-state index in [1.807, 2.05) is 20.8 Å². The van der Waals surface area contributed by atoms with E-state index in [4.69, 9.17) is 9.47 Å². The number of aliphatic hydroxyl groups is 4. The van der Waals surface area contributed by atoms with E-state index < -0.39 is 48.2 Å². The molecule has 2 spiro atoms. The van der Waals surface area contributed by atoms with Crippen LogP contribution in [0.2, 0.25) is 0 Å². The lowest BCUT2D eigenvalue weighted by atomic mass is 9.41. The molecule has 5 saturated carbocycles. The first-order valence-electron chi connectivity index (χ1n) is 17.7. The van der Waals surface area contributed by atoms with Gasteiger partial charge in [-0.15, -0.1) is 0 Å². The van der Waals surface area contributed by atoms with Crippen molar-refractivity contribution in [3.05, 3.63) is 12.2 Å². The fraction of sp³-hybridized carbons (Fsp3) is 0.892. The molecule has 0 amide bonds. The number of carbonyl (C=O) groups excluding carboxylic acids is 2. The zero-order valence-corrected chi connectivity index (χ0v) is 28.6. The number of carbonyl (C=O) groups is 2. The van der Waals surface area contributed by atoms with Gasteiger partial charge in [-0.3, -0.25) is 9.59 Å². The summed E-state index contributed by atoms with van der Waals surface area (Å²) in [7, 11) is 0. The normalized spacial score (nSPS) is 52.6. The molecule has 1 aliphatic heterocycles. The van der Waals surface area contributed by atoms with Gasteiger partial charge in [0, 0.05) is 6.42 Å². The molecule has 6 aliphatic rings. The highest BCUT2D eigenvalue weighted by molar-refractivity contribution is 5.95. The van der Waals surface area contributed by atoms with Crippen molar-refractivity contribution in [2.75, 3.05) is 0 Å². The van der Waals surface area contributed by atoms with Gasteiger partial charge in [-0.1, -0.05) is 41.2 Å². The molecule has 0 aromatic rings. The van der Waals surface area contributed by atoms with Crippen LogP contribution in [-0.4, -0.2) is 69.0 Å². The Bertz CT molecular complexity index is 1230. The van der Waals surface area contributed by atoms with E-state index in [0.717, 1.165) is 56.9 Å². The van der Waals surface area contributed by atoms with Crippen LogP contribution < -0.4 is 0 Å². The zero-order valence-electron chi connectivity index (χ0n) is 28.6. The lowest BCUT2D eigenvalue weighted by molar-refractivity contribution is -0.292. The Balaban J connectivity index is 1.23. The monoisotopic (exact) mass is 630 g/mol. The van der Waals surface area contributed by atoms with Crippen LogP contribution >= 0.6 is 0 Å². The van der Waals surface area contributed by atoms with Crippen LogP contribution in [0.4, 0.5) is 0 Å². The van der Waals surface area contributed by atoms with Gasteiger partial charge in [-0.2, -0.15) is 0 Å². The third-order valence-electron chi connectivity index (χ3n) is 15.5. The summed E-state index contributed by atoms with van der Waals surface area (Å²) in [5.41, 5.74) is -0.0173. The topological polar surface area (TPSA) is 134 Å². The number of esters is 1. The Labute approximate surface area is 269 Å². The minimum Gasteiger partial charge on any atom is -0.432 e. The number of ketones is 1. The second-order valence-corrected chi connectivity index (χ2v) is 17.4. The van der Waals surface area contributed by atoms with Gasteiger partial charge in [0.25, 0.3) is 0 Å². The summed E-state index contributed by atoms with van der Waals surface area (Å²) >= 11 is 0. The standard InChI is InChI=1S/C37H58O8/c1-19(2)21(4)24(38)17-20(3)23-11-13-34(7)25-9-10-26-35(8,32(43)45-31-30(42)29(41)28(40)22(5)44-31)27(39)12-14-36(26)18-37(25,36)16-15-33(23,34)6/h19-20,22-23,25-31,39-42H,4,9-18H2,1-3,5-8H3. The molecule has 0 aromatic heterocycles. The first-order chi connectivity index (χ1) is 20.9. The number of ether oxygens (including phenoxy) is 2. The molecule has 4 N–H and O–H groups in total. The smallest absolute Gasteiger partial charge is 0.317 e. The van der Waals surface area contributed by atoms with Crippen molar-refractivity contribution in [2.24, 2.45) is 56.7 Å². The molecule has 8 heteroatoms. The van der Waals surface area contributed by atoms with Crippen molar-refractivity contribution in [1.82, 2.24) is 0 Å². The maximum Gasteiger partial charge on any atom is 0.317 e. The van der Waals surface area contributed by atoms with Crippen molar-refractivity contribution in [2.45, 2.75) is 149 Å². The van der Waals surface area contributed by atoms with E-state index in [0.29, 0.717) is 30.6 Å². The Hall–Kier alpha value is -1.32. The molecule has 45 heavy (non-hydrogen) atoms. The average Bonchev–Trinajstić information content (AvgIpc) is 3.57. The van der Waals surface area contributed by atoms with E-state index in [2.05, 4.69) is 27.4 Å². The molecule has 254 valence electrons. The van der Waals surface area contributed by atoms with Crippen molar-refractivity contribution in [3.63, 3.8) is 0 Å². The van der Waals surface area contributed by atoms with Crippen LogP contribution in [-0.2, 0) is 19.1 Å². The van der Waals surface area contributed by atoms with E-state index in [-0.39, 0.29) is 39.3 Å². The van der Waals surface area contributed by atoms with Crippen LogP contribution in [0.1, 0.15) is 113 Å². The Kier molecular flexibility index (Phi) is 8.09. The predicted octanol–water partition coefficient (Wildman–Crippen LogP) is 4.94. The lowest BCUT2D eigenvalue weighted by Gasteiger charge is -2.63. The first-order valence-corrected chi connectivity index (χ1v) is 17.7. The molecular weight excluding hydrogens is 572 g/mol. The van der Waals surface area contributed by atoms with Crippen LogP contribution in [0, 0.1) is 56.7 Å². The molecule has 1 heterocycles. The molecule has 15 unspecified atom stereocenters. The molecular formula is C37H58O8. The fourth-order valence-corrected chi connectivity index (χ4v) is 12.5. The van der Waals surface area contributed by atoms with Crippen molar-refractivity contribution < 1.29 is 39.5 Å². The summed E-state index contributed by atoms with van der Waals surface area (Å²) in [6.07, 6.45) is 2.00. The molecule has 0 aromatic carbocycles. The highest BCUT2D eigenvalue weighted by Crippen LogP contribution is 2.89. The average molecular weight is 631 g/mol. The molecule has 6 rings (SSSR count). The molecule has 8 nitrogen and oxygen atoms in total. The van der Waals surface area contributed by atoms with Gasteiger partial charge in [0.15, 0.2) is 5.78 Å². The van der Waals surface area contributed by atoms with Gasteiger partial charge in [-0.25, -0.2) is 0 Å². The van der Waals surface area contributed by atoms with Gasteiger partial charge in [0.1, 0.15) is 18.3 Å². The fourth-order valence-electron chi connectivity index (χ4n) is 12.5. The minimum atomic E-state index is -1.58. The van der Waals surface area contributed by atoms with Gasteiger partial charge in [0.05, 0.1) is 17.6 Å². The summed E-state index contributed by atoms with van der Waals surface area (Å²) in [4.78, 5) is 27.1. The number of fused-ring (bicyclic) bond motifs is 2. The number of rotatable bonds is 7. The molecule has 5 aliphatic carbocycles. The lowest BCUT2D eigenvalue weighted by Crippen LogP contribution is -2.62. The SMILES string of the molecule is C=C(C(=O)CC(C)C1CCC2(C)C3CCC4C(C)(C(=O)OC5OC(C)C(O)C(O)C5O)C(O)CCC45CC35CCC12C)C(C)C. The zero-order chi connectivity index (χ0) is 33.1. The van der Waals surface area contributed by atoms with Crippen LogP contribution in [0.25, 0.3) is 0 Å². The Morgan fingerprint density at radius 1 is 0.844 bits per heavy atom. The van der Waals surface area contributed by atoms with Crippen molar-refractivity contribution in [1.29, 1.82) is 0 Å². The van der Waals surface area contributed by atoms with Crippen LogP contribution in [0.3, 0.4) is 0 Å². The second-order valence-electron chi connectivity index (χ2n) is 17.4. The summed E-state index contributed by atoms with van der Waals surface area (Å²) in [6, 6.07) is 0. The largest absolute Gasteiger partial charge is 0.432 e. The third kappa shape index (κ3) is 4.40. The summed E-state index contributed by atoms with van der Waals surface area (Å²) in [5, 5.41) is 42.5. The Morgan fingerprint density at radius 2 is 1.49 bits per heavy atom. The van der Waals surface area contributed by atoms with Crippen molar-refractivity contribution >= 4 is 11.8 Å². The molecule has 15 atom stereocenters. The predicted molar refractivity (Wildman–Crippen MR) is 168 cm³/mol. The quantitative estimate of drug-likeness (QED) is 0.230. The number of allylic oxidation sites excluding steroid dienone is 1. The maximum absolute atomic E-state index is 14.1. The first kappa shape index (κ1) is 33.6. The highest BCUT2D eigenvalue weighted by atomic mass is 16.7. The number of hydrogen-bond acceptors (Lipinski definition) is 8. The minimum absolute atomic E-state index is 0.0308. The number of aliphatic hydroxyl groups excluding tert-OH is 4. The second kappa shape index (κ2) is 10.8. The third-order valence-corrected chi connectivity index (χ3v) is 15.5. The van der Waals surface area contributed by atoms with Gasteiger partial charge in [0.2, 0.25) is 6.29 Å². The molecule has 1 saturated heterocycles. The van der Waals surface area contributed by atoms with Gasteiger partial charge >= 0.3 is 5.97 Å². The van der Waals surface area contributed by atoms with Crippen molar-refractivity contribution in [3.8, 4) is 0 Å². The van der Waals surface area contributed by atoms with Gasteiger partial charge < -0.3 is 29.9 Å². The van der Waals surface area contributed by atoms with E-state index in [1.54, 1.807) is 6.92 Å². The number of Topliss-reactive ketones (excluding diaryl/α,β-unsaturated/α-hetero) is 1. The van der Waals surface area contributed by atoms with Crippen LogP contribution in [0.5, 0.6) is 0 Å². The highest BCUT2D eigenvalue weighted by Gasteiger charge is 2.83.